The number of ether oxygens (including phenoxy) is 1. The van der Waals surface area contributed by atoms with Crippen molar-refractivity contribution in [1.82, 2.24) is 0 Å². The Balaban J connectivity index is 3.28. The number of hydrogen-bond acceptors (Lipinski definition) is 2. The number of alkyl halides is 1. The number of carbonyl (C=O) groups excluding carboxylic acids is 1. The number of rotatable bonds is 11. The molecular formula is C16H27BrO2. The summed E-state index contributed by atoms with van der Waals surface area (Å²) in [5.74, 6) is 6.09. The molecule has 0 spiro atoms. The maximum absolute atomic E-state index is 11.4. The summed E-state index contributed by atoms with van der Waals surface area (Å²) in [7, 11) is 0. The van der Waals surface area contributed by atoms with Gasteiger partial charge in [0, 0.05) is 24.6 Å². The zero-order valence-corrected chi connectivity index (χ0v) is 13.8. The van der Waals surface area contributed by atoms with Crippen molar-refractivity contribution in [2.45, 2.75) is 71.1 Å². The number of hydrogen-bond donors (Lipinski definition) is 0. The minimum atomic E-state index is -0.0772. The van der Waals surface area contributed by atoms with Gasteiger partial charge in [-0.3, -0.25) is 4.79 Å². The molecule has 0 rings (SSSR count). The molecule has 19 heavy (non-hydrogen) atoms. The SMILES string of the molecule is CCCCCC#CCCOC(=O)CCCCCCBr. The molecule has 0 aromatic heterocycles. The lowest BCUT2D eigenvalue weighted by Gasteiger charge is -2.02. The van der Waals surface area contributed by atoms with Crippen molar-refractivity contribution in [2.24, 2.45) is 0 Å². The molecule has 0 unspecified atom stereocenters. The van der Waals surface area contributed by atoms with Gasteiger partial charge in [0.2, 0.25) is 0 Å². The summed E-state index contributed by atoms with van der Waals surface area (Å²) in [4.78, 5) is 11.4. The van der Waals surface area contributed by atoms with E-state index in [-0.39, 0.29) is 5.97 Å². The van der Waals surface area contributed by atoms with E-state index in [0.29, 0.717) is 19.4 Å². The van der Waals surface area contributed by atoms with Crippen molar-refractivity contribution in [3.8, 4) is 11.8 Å². The van der Waals surface area contributed by atoms with Crippen LogP contribution >= 0.6 is 15.9 Å². The van der Waals surface area contributed by atoms with E-state index >= 15 is 0 Å². The van der Waals surface area contributed by atoms with Crippen molar-refractivity contribution in [1.29, 1.82) is 0 Å². The summed E-state index contributed by atoms with van der Waals surface area (Å²) in [6, 6.07) is 0. The summed E-state index contributed by atoms with van der Waals surface area (Å²) in [5, 5.41) is 1.05. The van der Waals surface area contributed by atoms with Gasteiger partial charge in [0.15, 0.2) is 0 Å². The van der Waals surface area contributed by atoms with Crippen LogP contribution in [-0.4, -0.2) is 17.9 Å². The van der Waals surface area contributed by atoms with Crippen LogP contribution in [0.2, 0.25) is 0 Å². The monoisotopic (exact) mass is 330 g/mol. The van der Waals surface area contributed by atoms with Gasteiger partial charge >= 0.3 is 5.97 Å². The molecule has 0 aliphatic heterocycles. The largest absolute Gasteiger partial charge is 0.465 e. The molecule has 0 aromatic carbocycles. The van der Waals surface area contributed by atoms with Crippen LogP contribution in [0.3, 0.4) is 0 Å². The molecule has 0 aromatic rings. The summed E-state index contributed by atoms with van der Waals surface area (Å²) < 4.78 is 5.13. The lowest BCUT2D eigenvalue weighted by atomic mass is 10.1. The molecule has 0 bridgehead atoms. The van der Waals surface area contributed by atoms with Crippen LogP contribution in [-0.2, 0) is 9.53 Å². The number of carbonyl (C=O) groups is 1. The van der Waals surface area contributed by atoms with E-state index in [1.807, 2.05) is 0 Å². The average molecular weight is 331 g/mol. The fourth-order valence-electron chi connectivity index (χ4n) is 1.65. The van der Waals surface area contributed by atoms with Crippen molar-refractivity contribution >= 4 is 21.9 Å². The van der Waals surface area contributed by atoms with Gasteiger partial charge in [-0.15, -0.1) is 5.92 Å². The normalized spacial score (nSPS) is 9.79. The molecule has 0 N–H and O–H groups in total. The zero-order chi connectivity index (χ0) is 14.2. The lowest BCUT2D eigenvalue weighted by molar-refractivity contribution is -0.143. The highest BCUT2D eigenvalue weighted by atomic mass is 79.9. The molecule has 0 aliphatic carbocycles. The van der Waals surface area contributed by atoms with E-state index in [0.717, 1.165) is 24.6 Å². The molecule has 0 radical (unpaired) electrons. The highest BCUT2D eigenvalue weighted by Gasteiger charge is 2.01. The average Bonchev–Trinajstić information content (AvgIpc) is 2.41. The second kappa shape index (κ2) is 15.6. The second-order valence-electron chi connectivity index (χ2n) is 4.63. The molecule has 0 saturated carbocycles. The predicted molar refractivity (Wildman–Crippen MR) is 84.4 cm³/mol. The smallest absolute Gasteiger partial charge is 0.305 e. The van der Waals surface area contributed by atoms with Gasteiger partial charge in [0.05, 0.1) is 0 Å². The van der Waals surface area contributed by atoms with Gasteiger partial charge in [-0.2, -0.15) is 0 Å². The standard InChI is InChI=1S/C16H27BrO2/c1-2-3-4-5-6-9-12-15-19-16(18)13-10-7-8-11-14-17/h2-5,7-8,10-15H2,1H3. The van der Waals surface area contributed by atoms with Crippen molar-refractivity contribution in [3.63, 3.8) is 0 Å². The minimum absolute atomic E-state index is 0.0772. The van der Waals surface area contributed by atoms with E-state index in [1.165, 1.54) is 32.1 Å². The van der Waals surface area contributed by atoms with Crippen molar-refractivity contribution in [2.75, 3.05) is 11.9 Å². The van der Waals surface area contributed by atoms with E-state index < -0.39 is 0 Å². The van der Waals surface area contributed by atoms with E-state index in [2.05, 4.69) is 34.7 Å². The van der Waals surface area contributed by atoms with Crippen LogP contribution in [0.15, 0.2) is 0 Å². The quantitative estimate of drug-likeness (QED) is 0.234. The van der Waals surface area contributed by atoms with Crippen LogP contribution in [0.4, 0.5) is 0 Å². The number of esters is 1. The number of unbranched alkanes of at least 4 members (excludes halogenated alkanes) is 6. The Morgan fingerprint density at radius 3 is 2.47 bits per heavy atom. The Labute approximate surface area is 126 Å². The van der Waals surface area contributed by atoms with E-state index in [9.17, 15) is 4.79 Å². The van der Waals surface area contributed by atoms with Crippen LogP contribution in [0.25, 0.3) is 0 Å². The maximum Gasteiger partial charge on any atom is 0.305 e. The fourth-order valence-corrected chi connectivity index (χ4v) is 2.04. The van der Waals surface area contributed by atoms with E-state index in [4.69, 9.17) is 4.74 Å². The Hall–Kier alpha value is -0.490. The van der Waals surface area contributed by atoms with Gasteiger partial charge in [0.25, 0.3) is 0 Å². The maximum atomic E-state index is 11.4. The van der Waals surface area contributed by atoms with Crippen molar-refractivity contribution in [3.05, 3.63) is 0 Å². The first-order chi connectivity index (χ1) is 9.31. The third kappa shape index (κ3) is 15.5. The first-order valence-electron chi connectivity index (χ1n) is 7.48. The predicted octanol–water partition coefficient (Wildman–Crippen LogP) is 4.85. The zero-order valence-electron chi connectivity index (χ0n) is 12.2. The van der Waals surface area contributed by atoms with Crippen molar-refractivity contribution < 1.29 is 9.53 Å². The summed E-state index contributed by atoms with van der Waals surface area (Å²) >= 11 is 3.39. The van der Waals surface area contributed by atoms with E-state index in [1.54, 1.807) is 0 Å². The Bertz CT molecular complexity index is 266. The second-order valence-corrected chi connectivity index (χ2v) is 5.43. The molecule has 0 amide bonds. The molecule has 0 fully saturated rings. The summed E-state index contributed by atoms with van der Waals surface area (Å²) in [6.45, 7) is 2.63. The molecule has 3 heteroatoms. The summed E-state index contributed by atoms with van der Waals surface area (Å²) in [6.07, 6.45) is 10.3. The Kier molecular flexibility index (Phi) is 15.2. The molecule has 110 valence electrons. The fraction of sp³-hybridized carbons (Fsp3) is 0.812. The highest BCUT2D eigenvalue weighted by Crippen LogP contribution is 2.05. The molecule has 2 nitrogen and oxygen atoms in total. The Morgan fingerprint density at radius 2 is 1.74 bits per heavy atom. The number of halogens is 1. The first kappa shape index (κ1) is 18.5. The molecule has 0 heterocycles. The van der Waals surface area contributed by atoms with Gasteiger partial charge in [-0.05, 0) is 19.3 Å². The molecular weight excluding hydrogens is 304 g/mol. The summed E-state index contributed by atoms with van der Waals surface area (Å²) in [5.41, 5.74) is 0. The first-order valence-corrected chi connectivity index (χ1v) is 8.60. The topological polar surface area (TPSA) is 26.3 Å². The molecule has 0 saturated heterocycles. The van der Waals surface area contributed by atoms with Gasteiger partial charge in [-0.25, -0.2) is 0 Å². The van der Waals surface area contributed by atoms with Gasteiger partial charge in [-0.1, -0.05) is 54.5 Å². The van der Waals surface area contributed by atoms with Crippen LogP contribution < -0.4 is 0 Å². The van der Waals surface area contributed by atoms with Crippen LogP contribution in [0.1, 0.15) is 71.1 Å². The highest BCUT2D eigenvalue weighted by molar-refractivity contribution is 9.09. The third-order valence-electron chi connectivity index (χ3n) is 2.78. The lowest BCUT2D eigenvalue weighted by Crippen LogP contribution is -2.05. The molecule has 0 atom stereocenters. The van der Waals surface area contributed by atoms with Crippen LogP contribution in [0, 0.1) is 11.8 Å². The minimum Gasteiger partial charge on any atom is -0.465 e. The van der Waals surface area contributed by atoms with Gasteiger partial charge in [0.1, 0.15) is 6.61 Å². The Morgan fingerprint density at radius 1 is 1.00 bits per heavy atom. The third-order valence-corrected chi connectivity index (χ3v) is 3.35. The molecule has 0 aliphatic rings. The van der Waals surface area contributed by atoms with Gasteiger partial charge < -0.3 is 4.74 Å². The van der Waals surface area contributed by atoms with Crippen LogP contribution in [0.5, 0.6) is 0 Å².